The predicted molar refractivity (Wildman–Crippen MR) is 106 cm³/mol. The van der Waals surface area contributed by atoms with Crippen LogP contribution >= 0.6 is 11.3 Å². The largest absolute Gasteiger partial charge is 0.454 e. The molecule has 1 N–H and O–H groups in total. The van der Waals surface area contributed by atoms with Crippen LogP contribution in [-0.4, -0.2) is 17.7 Å². The SMILES string of the molecule is CCc1ccc(C(=O)Nc2nc(C)c(Cc3ccc4c(c3)OCO4)s2)cc1. The Morgan fingerprint density at radius 2 is 1.85 bits per heavy atom. The molecule has 1 aliphatic heterocycles. The average Bonchev–Trinajstić information content (AvgIpc) is 3.28. The van der Waals surface area contributed by atoms with Crippen molar-refractivity contribution in [3.8, 4) is 11.5 Å². The van der Waals surface area contributed by atoms with Crippen LogP contribution in [0, 0.1) is 6.92 Å². The number of hydrogen-bond donors (Lipinski definition) is 1. The number of fused-ring (bicyclic) bond motifs is 1. The molecule has 5 nitrogen and oxygen atoms in total. The quantitative estimate of drug-likeness (QED) is 0.703. The van der Waals surface area contributed by atoms with Crippen molar-refractivity contribution >= 4 is 22.4 Å². The molecule has 0 spiro atoms. The number of thiazole rings is 1. The first-order valence-electron chi connectivity index (χ1n) is 8.87. The van der Waals surface area contributed by atoms with Gasteiger partial charge in [0.05, 0.1) is 5.69 Å². The van der Waals surface area contributed by atoms with E-state index >= 15 is 0 Å². The van der Waals surface area contributed by atoms with E-state index in [1.54, 1.807) is 0 Å². The smallest absolute Gasteiger partial charge is 0.257 e. The highest BCUT2D eigenvalue weighted by Gasteiger charge is 2.16. The number of benzene rings is 2. The van der Waals surface area contributed by atoms with Crippen LogP contribution in [0.5, 0.6) is 11.5 Å². The van der Waals surface area contributed by atoms with E-state index in [-0.39, 0.29) is 12.7 Å². The van der Waals surface area contributed by atoms with Crippen molar-refractivity contribution < 1.29 is 14.3 Å². The van der Waals surface area contributed by atoms with Gasteiger partial charge < -0.3 is 9.47 Å². The highest BCUT2D eigenvalue weighted by molar-refractivity contribution is 7.15. The van der Waals surface area contributed by atoms with Gasteiger partial charge in [0.2, 0.25) is 6.79 Å². The van der Waals surface area contributed by atoms with Crippen molar-refractivity contribution in [2.24, 2.45) is 0 Å². The Balaban J connectivity index is 1.46. The monoisotopic (exact) mass is 380 g/mol. The first-order valence-corrected chi connectivity index (χ1v) is 9.69. The van der Waals surface area contributed by atoms with Crippen molar-refractivity contribution in [2.45, 2.75) is 26.7 Å². The minimum atomic E-state index is -0.138. The number of ether oxygens (including phenoxy) is 2. The molecule has 6 heteroatoms. The van der Waals surface area contributed by atoms with Gasteiger partial charge in [0.15, 0.2) is 16.6 Å². The van der Waals surface area contributed by atoms with E-state index in [2.05, 4.69) is 17.2 Å². The fourth-order valence-electron chi connectivity index (χ4n) is 2.94. The molecule has 0 bridgehead atoms. The van der Waals surface area contributed by atoms with E-state index in [0.717, 1.165) is 40.5 Å². The fourth-order valence-corrected chi connectivity index (χ4v) is 3.93. The van der Waals surface area contributed by atoms with E-state index in [0.29, 0.717) is 10.7 Å². The fraction of sp³-hybridized carbons (Fsp3) is 0.238. The molecular weight excluding hydrogens is 360 g/mol. The molecule has 2 heterocycles. The lowest BCUT2D eigenvalue weighted by Gasteiger charge is -2.03. The number of anilines is 1. The zero-order chi connectivity index (χ0) is 18.8. The van der Waals surface area contributed by atoms with Gasteiger partial charge in [0.25, 0.3) is 5.91 Å². The molecule has 1 amide bonds. The summed E-state index contributed by atoms with van der Waals surface area (Å²) in [4.78, 5) is 18.1. The van der Waals surface area contributed by atoms with Gasteiger partial charge in [-0.3, -0.25) is 10.1 Å². The number of aryl methyl sites for hydroxylation is 2. The summed E-state index contributed by atoms with van der Waals surface area (Å²) in [6, 6.07) is 13.6. The lowest BCUT2D eigenvalue weighted by atomic mass is 10.1. The zero-order valence-corrected chi connectivity index (χ0v) is 16.1. The van der Waals surface area contributed by atoms with Crippen LogP contribution in [0.4, 0.5) is 5.13 Å². The molecule has 1 aliphatic rings. The molecule has 1 aromatic heterocycles. The van der Waals surface area contributed by atoms with E-state index < -0.39 is 0 Å². The van der Waals surface area contributed by atoms with Crippen molar-refractivity contribution in [3.63, 3.8) is 0 Å². The normalized spacial score (nSPS) is 12.2. The molecule has 0 fully saturated rings. The number of rotatable bonds is 5. The number of hydrogen-bond acceptors (Lipinski definition) is 5. The van der Waals surface area contributed by atoms with Gasteiger partial charge in [0.1, 0.15) is 0 Å². The van der Waals surface area contributed by atoms with Crippen LogP contribution in [0.25, 0.3) is 0 Å². The van der Waals surface area contributed by atoms with Crippen LogP contribution in [-0.2, 0) is 12.8 Å². The van der Waals surface area contributed by atoms with Crippen molar-refractivity contribution in [1.29, 1.82) is 0 Å². The molecule has 0 saturated heterocycles. The van der Waals surface area contributed by atoms with E-state index in [4.69, 9.17) is 9.47 Å². The van der Waals surface area contributed by atoms with Gasteiger partial charge in [-0.2, -0.15) is 0 Å². The maximum Gasteiger partial charge on any atom is 0.257 e. The number of nitrogens with one attached hydrogen (secondary N) is 1. The minimum Gasteiger partial charge on any atom is -0.454 e. The molecule has 3 aromatic rings. The maximum atomic E-state index is 12.4. The second kappa shape index (κ2) is 7.40. The van der Waals surface area contributed by atoms with Crippen molar-refractivity contribution in [3.05, 3.63) is 69.7 Å². The third kappa shape index (κ3) is 3.80. The Bertz CT molecular complexity index is 980. The molecular formula is C21H20N2O3S. The summed E-state index contributed by atoms with van der Waals surface area (Å²) in [5.74, 6) is 1.42. The second-order valence-corrected chi connectivity index (χ2v) is 7.48. The Morgan fingerprint density at radius 3 is 2.63 bits per heavy atom. The number of amides is 1. The molecule has 0 radical (unpaired) electrons. The maximum absolute atomic E-state index is 12.4. The molecule has 27 heavy (non-hydrogen) atoms. The van der Waals surface area contributed by atoms with Gasteiger partial charge in [-0.05, 0) is 48.7 Å². The summed E-state index contributed by atoms with van der Waals surface area (Å²) in [5.41, 5.74) is 3.90. The van der Waals surface area contributed by atoms with Gasteiger partial charge in [0, 0.05) is 16.9 Å². The Kier molecular flexibility index (Phi) is 4.81. The molecule has 138 valence electrons. The van der Waals surface area contributed by atoms with Gasteiger partial charge in [-0.25, -0.2) is 4.98 Å². The van der Waals surface area contributed by atoms with E-state index in [9.17, 15) is 4.79 Å². The number of carbonyl (C=O) groups excluding carboxylic acids is 1. The highest BCUT2D eigenvalue weighted by Crippen LogP contribution is 2.34. The topological polar surface area (TPSA) is 60.5 Å². The molecule has 4 rings (SSSR count). The standard InChI is InChI=1S/C21H20N2O3S/c1-3-14-4-7-16(8-5-14)20(24)23-21-22-13(2)19(27-21)11-15-6-9-17-18(10-15)26-12-25-17/h4-10H,3,11-12H2,1-2H3,(H,22,23,24). The lowest BCUT2D eigenvalue weighted by molar-refractivity contribution is 0.102. The van der Waals surface area contributed by atoms with Gasteiger partial charge >= 0.3 is 0 Å². The Morgan fingerprint density at radius 1 is 1.11 bits per heavy atom. The molecule has 0 saturated carbocycles. The van der Waals surface area contributed by atoms with Crippen LogP contribution in [0.15, 0.2) is 42.5 Å². The molecule has 0 aliphatic carbocycles. The Hall–Kier alpha value is -2.86. The van der Waals surface area contributed by atoms with Crippen LogP contribution < -0.4 is 14.8 Å². The van der Waals surface area contributed by atoms with Gasteiger partial charge in [-0.1, -0.05) is 25.1 Å². The molecule has 0 atom stereocenters. The first-order chi connectivity index (χ1) is 13.1. The highest BCUT2D eigenvalue weighted by atomic mass is 32.1. The predicted octanol–water partition coefficient (Wildman–Crippen LogP) is 4.59. The second-order valence-electron chi connectivity index (χ2n) is 6.40. The van der Waals surface area contributed by atoms with E-state index in [1.807, 2.05) is 49.4 Å². The third-order valence-corrected chi connectivity index (χ3v) is 5.61. The summed E-state index contributed by atoms with van der Waals surface area (Å²) >= 11 is 1.50. The lowest BCUT2D eigenvalue weighted by Crippen LogP contribution is -2.11. The summed E-state index contributed by atoms with van der Waals surface area (Å²) in [7, 11) is 0. The number of nitrogens with zero attached hydrogens (tertiary/aromatic N) is 1. The van der Waals surface area contributed by atoms with Crippen LogP contribution in [0.2, 0.25) is 0 Å². The van der Waals surface area contributed by atoms with Gasteiger partial charge in [-0.15, -0.1) is 11.3 Å². The van der Waals surface area contributed by atoms with E-state index in [1.165, 1.54) is 16.9 Å². The summed E-state index contributed by atoms with van der Waals surface area (Å²) in [6.45, 7) is 4.33. The minimum absolute atomic E-state index is 0.138. The summed E-state index contributed by atoms with van der Waals surface area (Å²) in [5, 5.41) is 3.53. The molecule has 2 aromatic carbocycles. The molecule has 0 unspecified atom stereocenters. The average molecular weight is 380 g/mol. The van der Waals surface area contributed by atoms with Crippen LogP contribution in [0.3, 0.4) is 0 Å². The number of aromatic nitrogens is 1. The van der Waals surface area contributed by atoms with Crippen molar-refractivity contribution in [2.75, 3.05) is 12.1 Å². The van der Waals surface area contributed by atoms with Crippen LogP contribution in [0.1, 0.15) is 39.0 Å². The number of carbonyl (C=O) groups is 1. The summed E-state index contributed by atoms with van der Waals surface area (Å²) < 4.78 is 10.8. The zero-order valence-electron chi connectivity index (χ0n) is 15.2. The first kappa shape index (κ1) is 17.5. The Labute approximate surface area is 162 Å². The van der Waals surface area contributed by atoms with Crippen molar-refractivity contribution in [1.82, 2.24) is 4.98 Å². The third-order valence-electron chi connectivity index (χ3n) is 4.54. The summed E-state index contributed by atoms with van der Waals surface area (Å²) in [6.07, 6.45) is 1.69.